The summed E-state index contributed by atoms with van der Waals surface area (Å²) in [6.07, 6.45) is 1.68. The van der Waals surface area contributed by atoms with Gasteiger partial charge in [-0.1, -0.05) is 26.8 Å². The van der Waals surface area contributed by atoms with Crippen molar-refractivity contribution < 1.29 is 14.0 Å². The first-order valence-electron chi connectivity index (χ1n) is 8.03. The molecule has 0 radical (unpaired) electrons. The van der Waals surface area contributed by atoms with E-state index in [0.29, 0.717) is 17.3 Å². The second kappa shape index (κ2) is 7.38. The third-order valence-corrected chi connectivity index (χ3v) is 3.50. The third-order valence-electron chi connectivity index (χ3n) is 3.50. The quantitative estimate of drug-likeness (QED) is 0.790. The van der Waals surface area contributed by atoms with Gasteiger partial charge in [-0.25, -0.2) is 9.78 Å². The molecule has 3 amide bonds. The zero-order valence-corrected chi connectivity index (χ0v) is 15.2. The van der Waals surface area contributed by atoms with Crippen LogP contribution >= 0.6 is 0 Å². The minimum Gasteiger partial charge on any atom is -0.443 e. The largest absolute Gasteiger partial charge is 0.443 e. The normalized spacial score (nSPS) is 11.1. The second-order valence-corrected chi connectivity index (χ2v) is 6.89. The summed E-state index contributed by atoms with van der Waals surface area (Å²) in [5.41, 5.74) is 1.99. The van der Waals surface area contributed by atoms with Crippen LogP contribution in [0, 0.1) is 6.92 Å². The number of hydrogen-bond acceptors (Lipinski definition) is 4. The van der Waals surface area contributed by atoms with E-state index < -0.39 is 0 Å². The molecule has 0 aliphatic carbocycles. The number of urea groups is 1. The number of hydrogen-bond donors (Lipinski definition) is 3. The summed E-state index contributed by atoms with van der Waals surface area (Å²) in [7, 11) is 0. The number of aryl methyl sites for hydroxylation is 1. The molecule has 0 atom stereocenters. The Balaban J connectivity index is 1.96. The molecule has 134 valence electrons. The van der Waals surface area contributed by atoms with Crippen LogP contribution in [0.1, 0.15) is 44.9 Å². The van der Waals surface area contributed by atoms with Crippen molar-refractivity contribution in [2.75, 3.05) is 10.6 Å². The third kappa shape index (κ3) is 5.34. The monoisotopic (exact) mass is 344 g/mol. The average molecular weight is 344 g/mol. The molecule has 7 heteroatoms. The van der Waals surface area contributed by atoms with Gasteiger partial charge in [0.1, 0.15) is 5.76 Å². The Kier molecular flexibility index (Phi) is 5.46. The van der Waals surface area contributed by atoms with Gasteiger partial charge in [0.15, 0.2) is 0 Å². The Morgan fingerprint density at radius 2 is 1.92 bits per heavy atom. The summed E-state index contributed by atoms with van der Waals surface area (Å²) < 4.78 is 5.63. The average Bonchev–Trinajstić information content (AvgIpc) is 2.97. The van der Waals surface area contributed by atoms with E-state index in [0.717, 1.165) is 11.3 Å². The first-order chi connectivity index (χ1) is 11.6. The summed E-state index contributed by atoms with van der Waals surface area (Å²) >= 11 is 0. The van der Waals surface area contributed by atoms with Gasteiger partial charge in [-0.15, -0.1) is 0 Å². The summed E-state index contributed by atoms with van der Waals surface area (Å²) in [5, 5.41) is 8.15. The van der Waals surface area contributed by atoms with Crippen LogP contribution in [0.2, 0.25) is 0 Å². The van der Waals surface area contributed by atoms with Gasteiger partial charge in [-0.3, -0.25) is 4.79 Å². The fourth-order valence-corrected chi connectivity index (χ4v) is 2.10. The molecule has 7 nitrogen and oxygen atoms in total. The summed E-state index contributed by atoms with van der Waals surface area (Å²) in [6, 6.07) is 4.93. The van der Waals surface area contributed by atoms with Crippen LogP contribution in [-0.2, 0) is 16.8 Å². The first kappa shape index (κ1) is 18.5. The molecule has 0 aliphatic heterocycles. The molecule has 3 N–H and O–H groups in total. The number of amides is 3. The van der Waals surface area contributed by atoms with E-state index in [1.807, 2.05) is 33.8 Å². The molecular weight excluding hydrogens is 320 g/mol. The van der Waals surface area contributed by atoms with E-state index in [-0.39, 0.29) is 23.9 Å². The van der Waals surface area contributed by atoms with E-state index in [1.165, 1.54) is 6.92 Å². The molecule has 0 aliphatic rings. The van der Waals surface area contributed by atoms with Gasteiger partial charge < -0.3 is 20.4 Å². The molecule has 1 aromatic heterocycles. The highest BCUT2D eigenvalue weighted by Crippen LogP contribution is 2.23. The minimum absolute atomic E-state index is 0.130. The van der Waals surface area contributed by atoms with Crippen LogP contribution in [0.25, 0.3) is 0 Å². The van der Waals surface area contributed by atoms with Crippen molar-refractivity contribution in [1.82, 2.24) is 10.3 Å². The Morgan fingerprint density at radius 1 is 1.20 bits per heavy atom. The Hall–Kier alpha value is -2.83. The van der Waals surface area contributed by atoms with Gasteiger partial charge in [-0.05, 0) is 24.6 Å². The molecule has 0 spiro atoms. The number of nitrogens with one attached hydrogen (secondary N) is 3. The van der Waals surface area contributed by atoms with Gasteiger partial charge in [0, 0.05) is 23.7 Å². The van der Waals surface area contributed by atoms with Crippen molar-refractivity contribution in [2.45, 2.75) is 46.6 Å². The molecule has 0 saturated heterocycles. The molecule has 0 bridgehead atoms. The second-order valence-electron chi connectivity index (χ2n) is 6.89. The lowest BCUT2D eigenvalue weighted by molar-refractivity contribution is -0.114. The highest BCUT2D eigenvalue weighted by molar-refractivity contribution is 5.93. The molecule has 2 rings (SSSR count). The Labute approximate surface area is 147 Å². The van der Waals surface area contributed by atoms with Gasteiger partial charge in [-0.2, -0.15) is 0 Å². The van der Waals surface area contributed by atoms with Gasteiger partial charge in [0.2, 0.25) is 11.8 Å². The van der Waals surface area contributed by atoms with Crippen molar-refractivity contribution in [1.29, 1.82) is 0 Å². The highest BCUT2D eigenvalue weighted by Gasteiger charge is 2.19. The first-order valence-corrected chi connectivity index (χ1v) is 8.03. The van der Waals surface area contributed by atoms with E-state index in [2.05, 4.69) is 20.9 Å². The van der Waals surface area contributed by atoms with E-state index >= 15 is 0 Å². The SMILES string of the molecule is CC(=O)Nc1ccc(C)c(NC(=O)NCc2ncc(C(C)(C)C)o2)c1. The molecule has 0 saturated carbocycles. The van der Waals surface area contributed by atoms with Gasteiger partial charge in [0.05, 0.1) is 12.7 Å². The van der Waals surface area contributed by atoms with Crippen LogP contribution < -0.4 is 16.0 Å². The van der Waals surface area contributed by atoms with Crippen LogP contribution in [0.15, 0.2) is 28.8 Å². The van der Waals surface area contributed by atoms with Crippen molar-refractivity contribution in [3.05, 3.63) is 41.6 Å². The molecule has 0 unspecified atom stereocenters. The smallest absolute Gasteiger partial charge is 0.319 e. The van der Waals surface area contributed by atoms with E-state index in [1.54, 1.807) is 18.3 Å². The lowest BCUT2D eigenvalue weighted by Gasteiger charge is -2.13. The van der Waals surface area contributed by atoms with Gasteiger partial charge >= 0.3 is 6.03 Å². The van der Waals surface area contributed by atoms with Crippen LogP contribution in [0.3, 0.4) is 0 Å². The predicted octanol–water partition coefficient (Wildman–Crippen LogP) is 3.56. The van der Waals surface area contributed by atoms with Crippen molar-refractivity contribution in [3.63, 3.8) is 0 Å². The lowest BCUT2D eigenvalue weighted by Crippen LogP contribution is -2.28. The number of oxazole rings is 1. The fourth-order valence-electron chi connectivity index (χ4n) is 2.10. The number of carbonyl (C=O) groups excluding carboxylic acids is 2. The molecular formula is C18H24N4O3. The van der Waals surface area contributed by atoms with Crippen molar-refractivity contribution in [3.8, 4) is 0 Å². The Morgan fingerprint density at radius 3 is 2.52 bits per heavy atom. The zero-order valence-electron chi connectivity index (χ0n) is 15.2. The molecule has 25 heavy (non-hydrogen) atoms. The molecule has 1 heterocycles. The van der Waals surface area contributed by atoms with Crippen molar-refractivity contribution >= 4 is 23.3 Å². The standard InChI is InChI=1S/C18H24N4O3/c1-11-6-7-13(21-12(2)23)8-14(11)22-17(24)20-10-16-19-9-15(25-16)18(3,4)5/h6-9H,10H2,1-5H3,(H,21,23)(H2,20,22,24). The summed E-state index contributed by atoms with van der Waals surface area (Å²) in [6.45, 7) is 9.58. The maximum Gasteiger partial charge on any atom is 0.319 e. The lowest BCUT2D eigenvalue weighted by atomic mass is 9.94. The molecule has 0 fully saturated rings. The van der Waals surface area contributed by atoms with Gasteiger partial charge in [0.25, 0.3) is 0 Å². The van der Waals surface area contributed by atoms with E-state index in [9.17, 15) is 9.59 Å². The maximum absolute atomic E-state index is 12.1. The van der Waals surface area contributed by atoms with Crippen LogP contribution in [0.4, 0.5) is 16.2 Å². The topological polar surface area (TPSA) is 96.3 Å². The predicted molar refractivity (Wildman–Crippen MR) is 96.5 cm³/mol. The maximum atomic E-state index is 12.1. The fraction of sp³-hybridized carbons (Fsp3) is 0.389. The number of nitrogens with zero attached hydrogens (tertiary/aromatic N) is 1. The molecule has 1 aromatic carbocycles. The number of carbonyl (C=O) groups is 2. The number of benzene rings is 1. The molecule has 2 aromatic rings. The van der Waals surface area contributed by atoms with Crippen molar-refractivity contribution in [2.24, 2.45) is 0 Å². The minimum atomic E-state index is -0.376. The Bertz CT molecular complexity index is 775. The van der Waals surface area contributed by atoms with Crippen LogP contribution in [-0.4, -0.2) is 16.9 Å². The van der Waals surface area contributed by atoms with Crippen LogP contribution in [0.5, 0.6) is 0 Å². The number of aromatic nitrogens is 1. The number of anilines is 2. The number of rotatable bonds is 4. The summed E-state index contributed by atoms with van der Waals surface area (Å²) in [4.78, 5) is 27.4. The van der Waals surface area contributed by atoms with E-state index in [4.69, 9.17) is 4.42 Å². The highest BCUT2D eigenvalue weighted by atomic mass is 16.4. The zero-order chi connectivity index (χ0) is 18.6. The summed E-state index contributed by atoms with van der Waals surface area (Å²) in [5.74, 6) is 1.05.